The van der Waals surface area contributed by atoms with E-state index < -0.39 is 4.92 Å². The fourth-order valence-corrected chi connectivity index (χ4v) is 4.34. The summed E-state index contributed by atoms with van der Waals surface area (Å²) in [5.41, 5.74) is 3.46. The molecule has 1 unspecified atom stereocenters. The molecular weight excluding hydrogens is 478 g/mol. The van der Waals surface area contributed by atoms with Crippen LogP contribution in [0.5, 0.6) is 11.5 Å². The number of nitro benzene ring substituents is 1. The number of rotatable bonds is 8. The lowest BCUT2D eigenvalue weighted by Crippen LogP contribution is -2.33. The summed E-state index contributed by atoms with van der Waals surface area (Å²) >= 11 is 5.45. The zero-order chi connectivity index (χ0) is 25.8. The van der Waals surface area contributed by atoms with Crippen molar-refractivity contribution in [2.75, 3.05) is 7.11 Å². The summed E-state index contributed by atoms with van der Waals surface area (Å²) in [5, 5.41) is 14.7. The molecule has 1 amide bonds. The van der Waals surface area contributed by atoms with Crippen molar-refractivity contribution in [2.45, 2.75) is 26.5 Å². The molecule has 1 heterocycles. The van der Waals surface area contributed by atoms with Gasteiger partial charge in [0.15, 0.2) is 10.9 Å². The van der Waals surface area contributed by atoms with Crippen molar-refractivity contribution < 1.29 is 19.2 Å². The molecule has 0 bridgehead atoms. The fraction of sp³-hybridized carbons (Fsp3) is 0.185. The topological polar surface area (TPSA) is 93.9 Å². The summed E-state index contributed by atoms with van der Waals surface area (Å²) in [7, 11) is 1.54. The quantitative estimate of drug-likeness (QED) is 0.193. The van der Waals surface area contributed by atoms with Gasteiger partial charge in [-0.3, -0.25) is 19.8 Å². The minimum atomic E-state index is -0.477. The molecule has 3 aromatic carbocycles. The highest BCUT2D eigenvalue weighted by atomic mass is 32.1. The first-order valence-electron chi connectivity index (χ1n) is 11.2. The number of hydrogen-bond acceptors (Lipinski definition) is 6. The molecule has 184 valence electrons. The Morgan fingerprint density at radius 1 is 1.11 bits per heavy atom. The summed E-state index contributed by atoms with van der Waals surface area (Å²) < 4.78 is 11.3. The van der Waals surface area contributed by atoms with Crippen LogP contribution < -0.4 is 14.8 Å². The minimum absolute atomic E-state index is 0.0431. The lowest BCUT2D eigenvalue weighted by molar-refractivity contribution is -0.386. The molecule has 0 aromatic heterocycles. The molecular formula is C27H25N3O5S. The van der Waals surface area contributed by atoms with E-state index in [9.17, 15) is 14.9 Å². The Morgan fingerprint density at radius 2 is 1.86 bits per heavy atom. The van der Waals surface area contributed by atoms with Crippen LogP contribution in [0.4, 0.5) is 5.69 Å². The van der Waals surface area contributed by atoms with Gasteiger partial charge < -0.3 is 14.8 Å². The summed E-state index contributed by atoms with van der Waals surface area (Å²) in [4.78, 5) is 25.6. The highest BCUT2D eigenvalue weighted by Gasteiger charge is 2.34. The number of thiocarbonyl (C=S) groups is 1. The Kier molecular flexibility index (Phi) is 7.30. The number of carbonyl (C=O) groups excluding carboxylic acids is 1. The second kappa shape index (κ2) is 10.6. The van der Waals surface area contributed by atoms with Crippen LogP contribution in [0.25, 0.3) is 6.08 Å². The third-order valence-corrected chi connectivity index (χ3v) is 6.19. The molecule has 1 aliphatic rings. The molecule has 9 heteroatoms. The number of amides is 1. The number of aryl methyl sites for hydroxylation is 1. The molecule has 4 rings (SSSR count). The predicted octanol–water partition coefficient (Wildman–Crippen LogP) is 5.31. The van der Waals surface area contributed by atoms with E-state index in [0.29, 0.717) is 22.1 Å². The Labute approximate surface area is 214 Å². The van der Waals surface area contributed by atoms with Gasteiger partial charge in [0.2, 0.25) is 0 Å². The van der Waals surface area contributed by atoms with Crippen molar-refractivity contribution in [3.63, 3.8) is 0 Å². The largest absolute Gasteiger partial charge is 0.496 e. The van der Waals surface area contributed by atoms with Crippen molar-refractivity contribution >= 4 is 35.0 Å². The average Bonchev–Trinajstić information content (AvgIpc) is 3.15. The predicted molar refractivity (Wildman–Crippen MR) is 141 cm³/mol. The van der Waals surface area contributed by atoms with Gasteiger partial charge in [0.25, 0.3) is 5.91 Å². The third kappa shape index (κ3) is 5.21. The van der Waals surface area contributed by atoms with Crippen LogP contribution in [0.3, 0.4) is 0 Å². The number of nitrogens with zero attached hydrogens (tertiary/aromatic N) is 2. The number of nitrogens with one attached hydrogen (secondary N) is 1. The number of benzene rings is 3. The number of ether oxygens (including phenoxy) is 2. The summed E-state index contributed by atoms with van der Waals surface area (Å²) in [6.07, 6.45) is 1.71. The van der Waals surface area contributed by atoms with Gasteiger partial charge in [-0.2, -0.15) is 0 Å². The highest BCUT2D eigenvalue weighted by Crippen LogP contribution is 2.31. The normalized spacial score (nSPS) is 15.1. The van der Waals surface area contributed by atoms with Crippen molar-refractivity contribution in [3.8, 4) is 11.5 Å². The van der Waals surface area contributed by atoms with E-state index in [1.165, 1.54) is 13.2 Å². The molecule has 3 aromatic rings. The van der Waals surface area contributed by atoms with Gasteiger partial charge in [0, 0.05) is 11.6 Å². The van der Waals surface area contributed by atoms with Gasteiger partial charge in [0.05, 0.1) is 18.1 Å². The van der Waals surface area contributed by atoms with Crippen LogP contribution in [0.15, 0.2) is 72.4 Å². The second-order valence-corrected chi connectivity index (χ2v) is 8.72. The maximum Gasteiger partial charge on any atom is 0.310 e. The molecule has 1 aliphatic heterocycles. The Balaban J connectivity index is 1.57. The summed E-state index contributed by atoms with van der Waals surface area (Å²) in [5.74, 6) is 0.516. The molecule has 0 saturated carbocycles. The van der Waals surface area contributed by atoms with E-state index in [2.05, 4.69) is 5.32 Å². The van der Waals surface area contributed by atoms with Gasteiger partial charge in [-0.25, -0.2) is 0 Å². The zero-order valence-electron chi connectivity index (χ0n) is 20.1. The standard InChI is InChI=1S/C27H25N3O5S/c1-17-9-11-23(30(32)33)25(13-17)35-16-21-14-19(10-12-24(21)34-3)15-22-26(31)29(27(36)28-22)18(2)20-7-5-4-6-8-20/h4-15,18H,16H2,1-3H3,(H,28,36)/b22-15-. The van der Waals surface area contributed by atoms with Crippen LogP contribution in [-0.4, -0.2) is 28.0 Å². The smallest absolute Gasteiger partial charge is 0.310 e. The van der Waals surface area contributed by atoms with E-state index in [1.807, 2.05) is 56.3 Å². The molecule has 0 spiro atoms. The summed E-state index contributed by atoms with van der Waals surface area (Å²) in [6, 6.07) is 19.5. The van der Waals surface area contributed by atoms with Gasteiger partial charge in [0.1, 0.15) is 18.1 Å². The Morgan fingerprint density at radius 3 is 2.56 bits per heavy atom. The SMILES string of the molecule is COc1ccc(/C=C2\NC(=S)N(C(C)c3ccccc3)C2=O)cc1COc1cc(C)ccc1[N+](=O)[O-]. The van der Waals surface area contributed by atoms with E-state index >= 15 is 0 Å². The van der Waals surface area contributed by atoms with E-state index in [-0.39, 0.29) is 30.0 Å². The average molecular weight is 504 g/mol. The van der Waals surface area contributed by atoms with Crippen LogP contribution in [0.1, 0.15) is 35.2 Å². The highest BCUT2D eigenvalue weighted by molar-refractivity contribution is 7.80. The number of carbonyl (C=O) groups is 1. The van der Waals surface area contributed by atoms with Crippen molar-refractivity contribution in [2.24, 2.45) is 0 Å². The molecule has 36 heavy (non-hydrogen) atoms. The molecule has 0 radical (unpaired) electrons. The molecule has 1 atom stereocenters. The second-order valence-electron chi connectivity index (χ2n) is 8.34. The maximum absolute atomic E-state index is 13.2. The van der Waals surface area contributed by atoms with Gasteiger partial charge in [-0.05, 0) is 67.0 Å². The molecule has 0 aliphatic carbocycles. The van der Waals surface area contributed by atoms with Crippen LogP contribution in [-0.2, 0) is 11.4 Å². The zero-order valence-corrected chi connectivity index (χ0v) is 20.9. The maximum atomic E-state index is 13.2. The number of nitro groups is 1. The lowest BCUT2D eigenvalue weighted by atomic mass is 10.1. The van der Waals surface area contributed by atoms with Crippen molar-refractivity contribution in [1.82, 2.24) is 10.2 Å². The molecule has 1 saturated heterocycles. The number of hydrogen-bond donors (Lipinski definition) is 1. The van der Waals surface area contributed by atoms with Crippen LogP contribution in [0, 0.1) is 17.0 Å². The van der Waals surface area contributed by atoms with Crippen LogP contribution in [0.2, 0.25) is 0 Å². The number of methoxy groups -OCH3 is 1. The van der Waals surface area contributed by atoms with E-state index in [4.69, 9.17) is 21.7 Å². The van der Waals surface area contributed by atoms with Gasteiger partial charge >= 0.3 is 5.69 Å². The molecule has 1 fully saturated rings. The summed E-state index contributed by atoms with van der Waals surface area (Å²) in [6.45, 7) is 3.81. The van der Waals surface area contributed by atoms with Gasteiger partial charge in [-0.15, -0.1) is 0 Å². The van der Waals surface area contributed by atoms with E-state index in [1.54, 1.807) is 29.2 Å². The first-order valence-corrected chi connectivity index (χ1v) is 11.6. The lowest BCUT2D eigenvalue weighted by Gasteiger charge is -2.23. The van der Waals surface area contributed by atoms with E-state index in [0.717, 1.165) is 16.7 Å². The monoisotopic (exact) mass is 503 g/mol. The van der Waals surface area contributed by atoms with Crippen molar-refractivity contribution in [3.05, 3.63) is 105 Å². The molecule has 1 N–H and O–H groups in total. The van der Waals surface area contributed by atoms with Crippen LogP contribution >= 0.6 is 12.2 Å². The fourth-order valence-electron chi connectivity index (χ4n) is 3.99. The van der Waals surface area contributed by atoms with Gasteiger partial charge in [-0.1, -0.05) is 42.5 Å². The minimum Gasteiger partial charge on any atom is -0.496 e. The third-order valence-electron chi connectivity index (χ3n) is 5.89. The Hall–Kier alpha value is -4.24. The Bertz CT molecular complexity index is 1360. The first kappa shape index (κ1) is 24.9. The first-order chi connectivity index (χ1) is 17.3. The van der Waals surface area contributed by atoms with Crippen molar-refractivity contribution in [1.29, 1.82) is 0 Å². The molecule has 8 nitrogen and oxygen atoms in total.